The van der Waals surface area contributed by atoms with Crippen molar-refractivity contribution in [1.29, 1.82) is 0 Å². The van der Waals surface area contributed by atoms with E-state index in [0.29, 0.717) is 11.0 Å². The molecule has 0 aliphatic carbocycles. The van der Waals surface area contributed by atoms with E-state index >= 15 is 0 Å². The second-order valence-electron chi connectivity index (χ2n) is 3.22. The molecule has 2 rings (SSSR count). The summed E-state index contributed by atoms with van der Waals surface area (Å²) in [6.07, 6.45) is -3.54. The van der Waals surface area contributed by atoms with Gasteiger partial charge in [-0.25, -0.2) is 4.98 Å². The van der Waals surface area contributed by atoms with Crippen LogP contribution >= 0.6 is 0 Å². The second-order valence-corrected chi connectivity index (χ2v) is 3.22. The largest absolute Gasteiger partial charge is 0.390 e. The maximum Gasteiger partial charge on any atom is 0.390 e. The van der Waals surface area contributed by atoms with Crippen LogP contribution in [0, 0.1) is 6.07 Å². The van der Waals surface area contributed by atoms with Crippen molar-refractivity contribution in [3.8, 4) is 0 Å². The normalized spacial score (nSPS) is 12.2. The number of hydrogen-bond acceptors (Lipinski definition) is 1. The van der Waals surface area contributed by atoms with Crippen LogP contribution in [0.15, 0.2) is 24.5 Å². The molecule has 0 unspecified atom stereocenters. The first-order chi connectivity index (χ1) is 7.06. The Bertz CT molecular complexity index is 459. The zero-order valence-corrected chi connectivity index (χ0v) is 7.75. The molecule has 1 aromatic heterocycles. The first kappa shape index (κ1) is 10.0. The fourth-order valence-corrected chi connectivity index (χ4v) is 1.38. The first-order valence-electron chi connectivity index (χ1n) is 4.44. The van der Waals surface area contributed by atoms with Crippen LogP contribution in [0.3, 0.4) is 0 Å². The topological polar surface area (TPSA) is 17.8 Å². The van der Waals surface area contributed by atoms with Crippen molar-refractivity contribution in [3.05, 3.63) is 30.6 Å². The van der Waals surface area contributed by atoms with Crippen molar-refractivity contribution in [3.63, 3.8) is 0 Å². The summed E-state index contributed by atoms with van der Waals surface area (Å²) in [6.45, 7) is -0.0932. The molecule has 0 amide bonds. The maximum atomic E-state index is 12.0. The molecule has 1 heterocycles. The lowest BCUT2D eigenvalue weighted by Crippen LogP contribution is -2.11. The molecule has 79 valence electrons. The summed E-state index contributed by atoms with van der Waals surface area (Å²) < 4.78 is 37.5. The number of aryl methyl sites for hydroxylation is 1. The number of nitrogens with zero attached hydrogens (tertiary/aromatic N) is 2. The van der Waals surface area contributed by atoms with Gasteiger partial charge in [0.1, 0.15) is 0 Å². The van der Waals surface area contributed by atoms with Gasteiger partial charge in [0, 0.05) is 6.54 Å². The highest BCUT2D eigenvalue weighted by molar-refractivity contribution is 5.74. The standard InChI is InChI=1S/C10H8F3N2/c11-10(12,13)5-6-15-7-14-8-3-1-2-4-9(8)15/h2-4,7H,5-6H2. The lowest BCUT2D eigenvalue weighted by molar-refractivity contribution is -0.136. The average Bonchev–Trinajstić information content (AvgIpc) is 2.57. The predicted octanol–water partition coefficient (Wildman–Crippen LogP) is 2.79. The van der Waals surface area contributed by atoms with E-state index in [4.69, 9.17) is 0 Å². The van der Waals surface area contributed by atoms with Crippen molar-refractivity contribution < 1.29 is 13.2 Å². The minimum absolute atomic E-state index is 0.0932. The Kier molecular flexibility index (Phi) is 2.38. The van der Waals surface area contributed by atoms with Gasteiger partial charge in [-0.15, -0.1) is 0 Å². The molecule has 0 atom stereocenters. The van der Waals surface area contributed by atoms with Gasteiger partial charge in [-0.05, 0) is 18.2 Å². The molecule has 0 bridgehead atoms. The lowest BCUT2D eigenvalue weighted by atomic mass is 10.3. The Labute approximate surface area is 84.3 Å². The molecule has 1 aromatic carbocycles. The van der Waals surface area contributed by atoms with E-state index in [2.05, 4.69) is 11.1 Å². The molecule has 0 saturated heterocycles. The van der Waals surface area contributed by atoms with Crippen LogP contribution in [0.1, 0.15) is 6.42 Å². The molecule has 1 radical (unpaired) electrons. The fourth-order valence-electron chi connectivity index (χ4n) is 1.38. The summed E-state index contributed by atoms with van der Waals surface area (Å²) >= 11 is 0. The molecular weight excluding hydrogens is 205 g/mol. The number of halogens is 3. The highest BCUT2D eigenvalue weighted by Gasteiger charge is 2.26. The number of alkyl halides is 3. The minimum Gasteiger partial charge on any atom is -0.330 e. The van der Waals surface area contributed by atoms with Crippen LogP contribution in [0.2, 0.25) is 0 Å². The van der Waals surface area contributed by atoms with Crippen LogP contribution in [-0.2, 0) is 6.54 Å². The second kappa shape index (κ2) is 3.56. The van der Waals surface area contributed by atoms with Crippen LogP contribution < -0.4 is 0 Å². The molecule has 0 N–H and O–H groups in total. The molecule has 2 nitrogen and oxygen atoms in total. The van der Waals surface area contributed by atoms with E-state index in [1.165, 1.54) is 10.9 Å². The summed E-state index contributed by atoms with van der Waals surface area (Å²) in [5.41, 5.74) is 1.37. The molecule has 0 aliphatic heterocycles. The van der Waals surface area contributed by atoms with Crippen LogP contribution in [-0.4, -0.2) is 15.7 Å². The number of hydrogen-bond donors (Lipinski definition) is 0. The summed E-state index contributed by atoms with van der Waals surface area (Å²) in [5, 5.41) is 0. The number of benzene rings is 1. The predicted molar refractivity (Wildman–Crippen MR) is 49.2 cm³/mol. The summed E-state index contributed by atoms with van der Waals surface area (Å²) in [4.78, 5) is 3.98. The van der Waals surface area contributed by atoms with Crippen molar-refractivity contribution in [1.82, 2.24) is 9.55 Å². The van der Waals surface area contributed by atoms with Gasteiger partial charge in [0.05, 0.1) is 23.8 Å². The van der Waals surface area contributed by atoms with Gasteiger partial charge in [-0.2, -0.15) is 13.2 Å². The Morgan fingerprint density at radius 1 is 1.40 bits per heavy atom. The zero-order chi connectivity index (χ0) is 10.9. The third-order valence-electron chi connectivity index (χ3n) is 2.10. The zero-order valence-electron chi connectivity index (χ0n) is 7.75. The fraction of sp³-hybridized carbons (Fsp3) is 0.300. The van der Waals surface area contributed by atoms with Gasteiger partial charge >= 0.3 is 6.18 Å². The van der Waals surface area contributed by atoms with Crippen LogP contribution in [0.25, 0.3) is 11.0 Å². The van der Waals surface area contributed by atoms with Crippen molar-refractivity contribution in [2.24, 2.45) is 0 Å². The summed E-state index contributed by atoms with van der Waals surface area (Å²) in [7, 11) is 0. The quantitative estimate of drug-likeness (QED) is 0.750. The smallest absolute Gasteiger partial charge is 0.330 e. The van der Waals surface area contributed by atoms with E-state index in [1.54, 1.807) is 18.2 Å². The first-order valence-corrected chi connectivity index (χ1v) is 4.44. The number of imidazole rings is 1. The van der Waals surface area contributed by atoms with E-state index < -0.39 is 12.6 Å². The molecule has 0 saturated carbocycles. The maximum absolute atomic E-state index is 12.0. The molecule has 0 spiro atoms. The monoisotopic (exact) mass is 213 g/mol. The number of rotatable bonds is 2. The molecule has 5 heteroatoms. The molecule has 15 heavy (non-hydrogen) atoms. The van der Waals surface area contributed by atoms with E-state index in [-0.39, 0.29) is 6.54 Å². The van der Waals surface area contributed by atoms with E-state index in [0.717, 1.165) is 0 Å². The van der Waals surface area contributed by atoms with Crippen molar-refractivity contribution >= 4 is 11.0 Å². The summed E-state index contributed by atoms with van der Waals surface area (Å²) in [5.74, 6) is 0. The van der Waals surface area contributed by atoms with E-state index in [1.807, 2.05) is 0 Å². The number of aromatic nitrogens is 2. The van der Waals surface area contributed by atoms with Gasteiger partial charge in [0.15, 0.2) is 0 Å². The van der Waals surface area contributed by atoms with Crippen molar-refractivity contribution in [2.75, 3.05) is 0 Å². The van der Waals surface area contributed by atoms with Gasteiger partial charge in [0.25, 0.3) is 0 Å². The Balaban J connectivity index is 2.22. The van der Waals surface area contributed by atoms with Gasteiger partial charge in [-0.1, -0.05) is 6.07 Å². The van der Waals surface area contributed by atoms with Gasteiger partial charge < -0.3 is 4.57 Å². The lowest BCUT2D eigenvalue weighted by Gasteiger charge is -2.07. The molecule has 0 aliphatic rings. The minimum atomic E-state index is -4.13. The Morgan fingerprint density at radius 3 is 2.93 bits per heavy atom. The average molecular weight is 213 g/mol. The highest BCUT2D eigenvalue weighted by atomic mass is 19.4. The van der Waals surface area contributed by atoms with Crippen molar-refractivity contribution in [2.45, 2.75) is 19.1 Å². The van der Waals surface area contributed by atoms with Gasteiger partial charge in [-0.3, -0.25) is 0 Å². The van der Waals surface area contributed by atoms with Gasteiger partial charge in [0.2, 0.25) is 0 Å². The SMILES string of the molecule is FC(F)(F)CCn1cnc2c[c]ccc21. The third kappa shape index (κ3) is 2.29. The Morgan fingerprint density at radius 2 is 2.20 bits per heavy atom. The molecular formula is C10H8F3N2. The highest BCUT2D eigenvalue weighted by Crippen LogP contribution is 2.21. The molecule has 0 fully saturated rings. The third-order valence-corrected chi connectivity index (χ3v) is 2.10. The Hall–Kier alpha value is -1.52. The number of fused-ring (bicyclic) bond motifs is 1. The summed E-state index contributed by atoms with van der Waals surface area (Å²) in [6, 6.07) is 7.84. The van der Waals surface area contributed by atoms with Crippen LogP contribution in [0.5, 0.6) is 0 Å². The molecule has 2 aromatic rings. The van der Waals surface area contributed by atoms with E-state index in [9.17, 15) is 13.2 Å². The van der Waals surface area contributed by atoms with Crippen LogP contribution in [0.4, 0.5) is 13.2 Å².